The van der Waals surface area contributed by atoms with E-state index in [4.69, 9.17) is 9.47 Å². The average Bonchev–Trinajstić information content (AvgIpc) is 2.60. The Hall–Kier alpha value is -3.26. The Morgan fingerprint density at radius 2 is 2.29 bits per heavy atom. The first-order valence-electron chi connectivity index (χ1n) is 7.04. The summed E-state index contributed by atoms with van der Waals surface area (Å²) in [5.41, 5.74) is 1.49. The lowest BCUT2D eigenvalue weighted by Crippen LogP contribution is -2.13. The SMILES string of the molecule is O=C(/C=C/c1cc([N+](=O)[O-])cc2c1OCOC2)Nc1cccnc1. The first-order valence-corrected chi connectivity index (χ1v) is 7.04. The minimum absolute atomic E-state index is 0.0630. The van der Waals surface area contributed by atoms with Crippen molar-refractivity contribution < 1.29 is 19.2 Å². The molecule has 0 spiro atoms. The highest BCUT2D eigenvalue weighted by atomic mass is 16.7. The van der Waals surface area contributed by atoms with E-state index >= 15 is 0 Å². The number of nitro groups is 1. The maximum atomic E-state index is 11.9. The van der Waals surface area contributed by atoms with Crippen molar-refractivity contribution in [1.82, 2.24) is 4.98 Å². The molecule has 2 aromatic rings. The number of carbonyl (C=O) groups is 1. The van der Waals surface area contributed by atoms with Crippen molar-refractivity contribution in [2.75, 3.05) is 12.1 Å². The molecule has 0 saturated carbocycles. The Morgan fingerprint density at radius 1 is 1.42 bits per heavy atom. The van der Waals surface area contributed by atoms with Gasteiger partial charge in [0.05, 0.1) is 23.4 Å². The van der Waals surface area contributed by atoms with Gasteiger partial charge < -0.3 is 14.8 Å². The van der Waals surface area contributed by atoms with Gasteiger partial charge in [-0.2, -0.15) is 0 Å². The van der Waals surface area contributed by atoms with Gasteiger partial charge in [-0.1, -0.05) is 0 Å². The van der Waals surface area contributed by atoms with Crippen LogP contribution in [0.3, 0.4) is 0 Å². The number of hydrogen-bond donors (Lipinski definition) is 1. The molecule has 0 saturated heterocycles. The topological polar surface area (TPSA) is 104 Å². The number of nitro benzene ring substituents is 1. The van der Waals surface area contributed by atoms with E-state index in [1.54, 1.807) is 18.3 Å². The molecule has 0 aliphatic carbocycles. The van der Waals surface area contributed by atoms with Gasteiger partial charge in [0, 0.05) is 35.5 Å². The van der Waals surface area contributed by atoms with Crippen LogP contribution in [0, 0.1) is 10.1 Å². The second-order valence-corrected chi connectivity index (χ2v) is 4.96. The molecule has 122 valence electrons. The van der Waals surface area contributed by atoms with Crippen molar-refractivity contribution in [2.45, 2.75) is 6.61 Å². The standard InChI is InChI=1S/C16H13N3O5/c20-15(18-13-2-1-5-17-8-13)4-3-11-6-14(19(21)22)7-12-9-23-10-24-16(11)12/h1-8H,9-10H2,(H,18,20)/b4-3+. The third-order valence-electron chi connectivity index (χ3n) is 3.28. The van der Waals surface area contributed by atoms with Crippen molar-refractivity contribution in [3.05, 3.63) is 64.0 Å². The van der Waals surface area contributed by atoms with Gasteiger partial charge in [0.15, 0.2) is 6.79 Å². The molecule has 0 fully saturated rings. The van der Waals surface area contributed by atoms with Crippen LogP contribution in [0.1, 0.15) is 11.1 Å². The summed E-state index contributed by atoms with van der Waals surface area (Å²) < 4.78 is 10.5. The quantitative estimate of drug-likeness (QED) is 0.526. The predicted molar refractivity (Wildman–Crippen MR) is 85.3 cm³/mol. The van der Waals surface area contributed by atoms with Gasteiger partial charge in [0.1, 0.15) is 5.75 Å². The highest BCUT2D eigenvalue weighted by molar-refractivity contribution is 6.02. The van der Waals surface area contributed by atoms with Crippen LogP contribution in [0.15, 0.2) is 42.7 Å². The highest BCUT2D eigenvalue weighted by Crippen LogP contribution is 2.33. The van der Waals surface area contributed by atoms with E-state index in [1.807, 2.05) is 0 Å². The Morgan fingerprint density at radius 3 is 3.04 bits per heavy atom. The van der Waals surface area contributed by atoms with Crippen molar-refractivity contribution in [2.24, 2.45) is 0 Å². The second kappa shape index (κ2) is 6.88. The zero-order valence-corrected chi connectivity index (χ0v) is 12.5. The highest BCUT2D eigenvalue weighted by Gasteiger charge is 2.19. The number of fused-ring (bicyclic) bond motifs is 1. The summed E-state index contributed by atoms with van der Waals surface area (Å²) in [6.07, 6.45) is 5.87. The molecular weight excluding hydrogens is 314 g/mol. The van der Waals surface area contributed by atoms with E-state index in [0.29, 0.717) is 22.6 Å². The van der Waals surface area contributed by atoms with Gasteiger partial charge in [-0.05, 0) is 18.2 Å². The summed E-state index contributed by atoms with van der Waals surface area (Å²) in [5, 5.41) is 13.7. The number of hydrogen-bond acceptors (Lipinski definition) is 6. The molecule has 0 radical (unpaired) electrons. The van der Waals surface area contributed by atoms with Gasteiger partial charge in [0.2, 0.25) is 5.91 Å². The van der Waals surface area contributed by atoms with Crippen LogP contribution in [-0.4, -0.2) is 22.6 Å². The number of carbonyl (C=O) groups excluding carboxylic acids is 1. The smallest absolute Gasteiger partial charge is 0.270 e. The zero-order chi connectivity index (χ0) is 16.9. The van der Waals surface area contributed by atoms with Crippen LogP contribution in [0.5, 0.6) is 5.75 Å². The van der Waals surface area contributed by atoms with Gasteiger partial charge >= 0.3 is 0 Å². The minimum Gasteiger partial charge on any atom is -0.467 e. The molecule has 1 aliphatic rings. The molecule has 3 rings (SSSR count). The van der Waals surface area contributed by atoms with E-state index in [0.717, 1.165) is 0 Å². The number of aromatic nitrogens is 1. The monoisotopic (exact) mass is 327 g/mol. The molecular formula is C16H13N3O5. The van der Waals surface area contributed by atoms with E-state index < -0.39 is 4.92 Å². The van der Waals surface area contributed by atoms with E-state index in [9.17, 15) is 14.9 Å². The summed E-state index contributed by atoms with van der Waals surface area (Å²) in [5.74, 6) is 0.104. The number of ether oxygens (including phenoxy) is 2. The van der Waals surface area contributed by atoms with Gasteiger partial charge in [-0.3, -0.25) is 19.9 Å². The number of benzene rings is 1. The lowest BCUT2D eigenvalue weighted by Gasteiger charge is -2.19. The molecule has 1 amide bonds. The lowest BCUT2D eigenvalue weighted by molar-refractivity contribution is -0.385. The van der Waals surface area contributed by atoms with Crippen LogP contribution in [0.25, 0.3) is 6.08 Å². The van der Waals surface area contributed by atoms with Gasteiger partial charge in [0.25, 0.3) is 5.69 Å². The summed E-state index contributed by atoms with van der Waals surface area (Å²) in [6, 6.07) is 6.16. The molecule has 24 heavy (non-hydrogen) atoms. The predicted octanol–water partition coefficient (Wildman–Crippen LogP) is 2.51. The number of rotatable bonds is 4. The molecule has 1 aromatic carbocycles. The van der Waals surface area contributed by atoms with Crippen LogP contribution < -0.4 is 10.1 Å². The average molecular weight is 327 g/mol. The fraction of sp³-hybridized carbons (Fsp3) is 0.125. The number of pyridine rings is 1. The summed E-state index contributed by atoms with van der Waals surface area (Å²) in [7, 11) is 0. The Bertz CT molecular complexity index is 805. The van der Waals surface area contributed by atoms with Gasteiger partial charge in [-0.25, -0.2) is 0 Å². The Labute approximate surface area is 136 Å². The Kier molecular flexibility index (Phi) is 4.48. The first-order chi connectivity index (χ1) is 11.6. The number of amides is 1. The number of anilines is 1. The molecule has 0 unspecified atom stereocenters. The Balaban J connectivity index is 1.84. The first kappa shape index (κ1) is 15.6. The normalized spacial score (nSPS) is 13.2. The second-order valence-electron chi connectivity index (χ2n) is 4.96. The lowest BCUT2D eigenvalue weighted by atomic mass is 10.1. The fourth-order valence-electron chi connectivity index (χ4n) is 2.25. The number of nitrogens with one attached hydrogen (secondary N) is 1. The maximum absolute atomic E-state index is 11.9. The fourth-order valence-corrected chi connectivity index (χ4v) is 2.25. The molecule has 1 aliphatic heterocycles. The van der Waals surface area contributed by atoms with Crippen molar-refractivity contribution >= 4 is 23.4 Å². The summed E-state index contributed by atoms with van der Waals surface area (Å²) >= 11 is 0. The van der Waals surface area contributed by atoms with Crippen molar-refractivity contribution in [3.8, 4) is 5.75 Å². The minimum atomic E-state index is -0.498. The summed E-state index contributed by atoms with van der Waals surface area (Å²) in [4.78, 5) is 26.4. The maximum Gasteiger partial charge on any atom is 0.270 e. The molecule has 1 N–H and O–H groups in total. The third kappa shape index (κ3) is 3.55. The molecule has 0 bridgehead atoms. The summed E-state index contributed by atoms with van der Waals surface area (Å²) in [6.45, 7) is 0.285. The number of nitrogens with zero attached hydrogens (tertiary/aromatic N) is 2. The molecule has 8 heteroatoms. The van der Waals surface area contributed by atoms with Gasteiger partial charge in [-0.15, -0.1) is 0 Å². The largest absolute Gasteiger partial charge is 0.467 e. The molecule has 8 nitrogen and oxygen atoms in total. The van der Waals surface area contributed by atoms with Crippen LogP contribution in [-0.2, 0) is 16.1 Å². The van der Waals surface area contributed by atoms with Crippen molar-refractivity contribution in [1.29, 1.82) is 0 Å². The van der Waals surface area contributed by atoms with E-state index in [-0.39, 0.29) is 25.0 Å². The zero-order valence-electron chi connectivity index (χ0n) is 12.5. The molecule has 1 aromatic heterocycles. The molecule has 0 atom stereocenters. The number of non-ortho nitro benzene ring substituents is 1. The van der Waals surface area contributed by atoms with Crippen LogP contribution in [0.4, 0.5) is 11.4 Å². The molecule has 2 heterocycles. The van der Waals surface area contributed by atoms with E-state index in [2.05, 4.69) is 10.3 Å². The van der Waals surface area contributed by atoms with Crippen LogP contribution >= 0.6 is 0 Å². The van der Waals surface area contributed by atoms with E-state index in [1.165, 1.54) is 30.5 Å². The van der Waals surface area contributed by atoms with Crippen LogP contribution in [0.2, 0.25) is 0 Å². The van der Waals surface area contributed by atoms with Crippen molar-refractivity contribution in [3.63, 3.8) is 0 Å². The third-order valence-corrected chi connectivity index (χ3v) is 3.28.